The highest BCUT2D eigenvalue weighted by atomic mass is 16.7. The van der Waals surface area contributed by atoms with Crippen molar-refractivity contribution < 1.29 is 44.0 Å². The topological polar surface area (TPSA) is 168 Å². The maximum absolute atomic E-state index is 11.3. The van der Waals surface area contributed by atoms with Crippen LogP contribution >= 0.6 is 0 Å². The average Bonchev–Trinajstić information content (AvgIpc) is 3.08. The van der Waals surface area contributed by atoms with Crippen LogP contribution in [0.5, 0.6) is 5.88 Å². The first-order valence-electron chi connectivity index (χ1n) is 8.67. The van der Waals surface area contributed by atoms with Crippen LogP contribution in [0.3, 0.4) is 0 Å². The zero-order valence-corrected chi connectivity index (χ0v) is 17.0. The molecule has 1 rings (SSSR count). The second-order valence-electron chi connectivity index (χ2n) is 6.62. The molecule has 1 aromatic rings. The molecule has 1 unspecified atom stereocenters. The zero-order valence-electron chi connectivity index (χ0n) is 17.0. The minimum atomic E-state index is -1.82. The molecule has 0 aliphatic carbocycles. The van der Waals surface area contributed by atoms with Crippen molar-refractivity contribution in [3.8, 4) is 5.88 Å². The summed E-state index contributed by atoms with van der Waals surface area (Å²) < 4.78 is 12.2. The molecule has 0 fully saturated rings. The van der Waals surface area contributed by atoms with Gasteiger partial charge in [-0.05, 0) is 33.9 Å². The first-order chi connectivity index (χ1) is 13.3. The highest BCUT2D eigenvalue weighted by Gasteiger charge is 2.24. The van der Waals surface area contributed by atoms with Crippen LogP contribution < -0.4 is 4.74 Å². The Bertz CT molecular complexity index is 693. The van der Waals surface area contributed by atoms with Gasteiger partial charge in [-0.1, -0.05) is 13.8 Å². The van der Waals surface area contributed by atoms with E-state index in [2.05, 4.69) is 5.10 Å². The van der Waals surface area contributed by atoms with Crippen molar-refractivity contribution in [1.29, 1.82) is 0 Å². The van der Waals surface area contributed by atoms with Gasteiger partial charge in [0.2, 0.25) is 5.88 Å². The molecule has 0 aromatic carbocycles. The molecule has 12 heteroatoms. The van der Waals surface area contributed by atoms with Crippen LogP contribution in [-0.4, -0.2) is 79.8 Å². The zero-order chi connectivity index (χ0) is 22.8. The highest BCUT2D eigenvalue weighted by molar-refractivity contribution is 6.28. The number of carbonyl (C=O) groups excluding carboxylic acids is 1. The first kappa shape index (κ1) is 25.9. The third-order valence-electron chi connectivity index (χ3n) is 3.40. The minimum Gasteiger partial charge on any atom is -0.473 e. The van der Waals surface area contributed by atoms with Gasteiger partial charge < -0.3 is 24.8 Å². The lowest BCUT2D eigenvalue weighted by Gasteiger charge is -2.24. The molecule has 0 aliphatic rings. The summed E-state index contributed by atoms with van der Waals surface area (Å²) in [7, 11) is 0. The van der Waals surface area contributed by atoms with Gasteiger partial charge in [0.25, 0.3) is 6.29 Å². The Kier molecular flexibility index (Phi) is 10.4. The fraction of sp³-hybridized carbons (Fsp3) is 0.588. The molecular formula is C17H27N3O9. The Hall–Kier alpha value is -3.15. The Labute approximate surface area is 167 Å². The number of aliphatic carboxylic acids is 3. The van der Waals surface area contributed by atoms with E-state index in [4.69, 9.17) is 34.4 Å². The van der Waals surface area contributed by atoms with Crippen LogP contribution in [0.15, 0.2) is 12.3 Å². The van der Waals surface area contributed by atoms with Crippen molar-refractivity contribution in [3.63, 3.8) is 0 Å². The van der Waals surface area contributed by atoms with Crippen molar-refractivity contribution in [3.05, 3.63) is 12.3 Å². The van der Waals surface area contributed by atoms with E-state index in [0.29, 0.717) is 0 Å². The predicted molar refractivity (Wildman–Crippen MR) is 98.4 cm³/mol. The molecule has 0 amide bonds. The van der Waals surface area contributed by atoms with Crippen LogP contribution in [0.25, 0.3) is 0 Å². The minimum absolute atomic E-state index is 0.215. The third kappa shape index (κ3) is 10.1. The smallest absolute Gasteiger partial charge is 0.420 e. The normalized spacial score (nSPS) is 11.8. The van der Waals surface area contributed by atoms with E-state index in [0.717, 1.165) is 13.1 Å². The van der Waals surface area contributed by atoms with Gasteiger partial charge in [0.1, 0.15) is 0 Å². The van der Waals surface area contributed by atoms with Crippen LogP contribution in [0.4, 0.5) is 0 Å². The molecule has 0 spiro atoms. The van der Waals surface area contributed by atoms with E-state index in [9.17, 15) is 9.59 Å². The van der Waals surface area contributed by atoms with E-state index in [1.807, 2.05) is 39.5 Å². The number of carboxylic acid groups (broad SMARTS) is 3. The van der Waals surface area contributed by atoms with E-state index >= 15 is 0 Å². The van der Waals surface area contributed by atoms with Crippen molar-refractivity contribution in [1.82, 2.24) is 14.7 Å². The molecule has 0 saturated carbocycles. The fourth-order valence-electron chi connectivity index (χ4n) is 1.84. The van der Waals surface area contributed by atoms with Gasteiger partial charge >= 0.3 is 23.9 Å². The number of rotatable bonds is 7. The fourth-order valence-corrected chi connectivity index (χ4v) is 1.84. The summed E-state index contributed by atoms with van der Waals surface area (Å²) in [5.41, 5.74) is -0.215. The molecule has 3 N–H and O–H groups in total. The lowest BCUT2D eigenvalue weighted by atomic mass is 10.1. The molecule has 0 aliphatic heterocycles. The molecule has 1 atom stereocenters. The average molecular weight is 417 g/mol. The van der Waals surface area contributed by atoms with Gasteiger partial charge in [-0.2, -0.15) is 0 Å². The standard InChI is InChI=1S/C15H25N3O5.C2H2O4/c1-6-17(7-2)10-12(23-14(21)13(19)20)22-11-8-9-18(16-11)15(3,4)5;3-1(4)2(5)6/h8-9,12H,6-7,10H2,1-5H3,(H,19,20);(H,3,4)(H,5,6). The highest BCUT2D eigenvalue weighted by Crippen LogP contribution is 2.17. The quantitative estimate of drug-likeness (QED) is 0.320. The lowest BCUT2D eigenvalue weighted by molar-refractivity contribution is -0.179. The second-order valence-corrected chi connectivity index (χ2v) is 6.62. The molecule has 0 radical (unpaired) electrons. The summed E-state index contributed by atoms with van der Waals surface area (Å²) in [4.78, 5) is 42.2. The van der Waals surface area contributed by atoms with Gasteiger partial charge in [0.15, 0.2) is 0 Å². The number of carbonyl (C=O) groups is 4. The number of nitrogens with zero attached hydrogens (tertiary/aromatic N) is 3. The van der Waals surface area contributed by atoms with E-state index in [1.54, 1.807) is 16.9 Å². The third-order valence-corrected chi connectivity index (χ3v) is 3.40. The summed E-state index contributed by atoms with van der Waals surface area (Å²) in [6.07, 6.45) is 0.713. The number of likely N-dealkylation sites (N-methyl/N-ethyl adjacent to an activating group) is 1. The van der Waals surface area contributed by atoms with Gasteiger partial charge in [0.05, 0.1) is 12.1 Å². The molecular weight excluding hydrogens is 390 g/mol. The molecule has 1 aromatic heterocycles. The van der Waals surface area contributed by atoms with Gasteiger partial charge in [-0.3, -0.25) is 9.58 Å². The Morgan fingerprint density at radius 3 is 1.93 bits per heavy atom. The largest absolute Gasteiger partial charge is 0.473 e. The number of esters is 1. The van der Waals surface area contributed by atoms with Gasteiger partial charge in [-0.25, -0.2) is 19.2 Å². The van der Waals surface area contributed by atoms with E-state index in [1.165, 1.54) is 0 Å². The number of ether oxygens (including phenoxy) is 2. The molecule has 0 saturated heterocycles. The van der Waals surface area contributed by atoms with Crippen molar-refractivity contribution >= 4 is 23.9 Å². The number of hydrogen-bond donors (Lipinski definition) is 3. The molecule has 0 bridgehead atoms. The molecule has 1 heterocycles. The SMILES string of the molecule is CCN(CC)CC(OC(=O)C(=O)O)Oc1ccn(C(C)(C)C)n1.O=C(O)C(=O)O. The molecule has 164 valence electrons. The first-order valence-corrected chi connectivity index (χ1v) is 8.67. The Morgan fingerprint density at radius 1 is 1.07 bits per heavy atom. The summed E-state index contributed by atoms with van der Waals surface area (Å²) >= 11 is 0. The van der Waals surface area contributed by atoms with Crippen molar-refractivity contribution in [2.24, 2.45) is 0 Å². The monoisotopic (exact) mass is 417 g/mol. The summed E-state index contributed by atoms with van der Waals surface area (Å²) in [6.45, 7) is 11.6. The predicted octanol–water partition coefficient (Wildman–Crippen LogP) is 0.468. The molecule has 12 nitrogen and oxygen atoms in total. The van der Waals surface area contributed by atoms with Crippen LogP contribution in [0.1, 0.15) is 34.6 Å². The maximum atomic E-state index is 11.3. The number of aromatic nitrogens is 2. The summed E-state index contributed by atoms with van der Waals surface area (Å²) in [6, 6.07) is 1.65. The summed E-state index contributed by atoms with van der Waals surface area (Å²) in [5.74, 6) is -6.38. The van der Waals surface area contributed by atoms with E-state index in [-0.39, 0.29) is 18.0 Å². The Balaban J connectivity index is 0.00000113. The Morgan fingerprint density at radius 2 is 1.59 bits per heavy atom. The summed E-state index contributed by atoms with van der Waals surface area (Å²) in [5, 5.41) is 27.7. The van der Waals surface area contributed by atoms with Crippen LogP contribution in [0.2, 0.25) is 0 Å². The lowest BCUT2D eigenvalue weighted by Crippen LogP contribution is -2.39. The van der Waals surface area contributed by atoms with Gasteiger partial charge in [-0.15, -0.1) is 5.10 Å². The molecule has 29 heavy (non-hydrogen) atoms. The van der Waals surface area contributed by atoms with Crippen LogP contribution in [-0.2, 0) is 29.5 Å². The maximum Gasteiger partial charge on any atom is 0.420 e. The van der Waals surface area contributed by atoms with Crippen LogP contribution in [0, 0.1) is 0 Å². The van der Waals surface area contributed by atoms with Crippen molar-refractivity contribution in [2.45, 2.75) is 46.4 Å². The number of hydrogen-bond acceptors (Lipinski definition) is 8. The van der Waals surface area contributed by atoms with E-state index < -0.39 is 30.2 Å². The van der Waals surface area contributed by atoms with Gasteiger partial charge in [0, 0.05) is 12.3 Å². The second kappa shape index (κ2) is 11.6. The van der Waals surface area contributed by atoms with Crippen molar-refractivity contribution in [2.75, 3.05) is 19.6 Å². The number of carboxylic acids is 3.